The molecule has 0 saturated carbocycles. The Bertz CT molecular complexity index is 3520. The fourth-order valence-electron chi connectivity index (χ4n) is 11.6. The van der Waals surface area contributed by atoms with Crippen LogP contribution in [0.2, 0.25) is 10.0 Å². The Morgan fingerprint density at radius 1 is 0.388 bits per heavy atom. The second-order valence-corrected chi connectivity index (χ2v) is 25.3. The van der Waals surface area contributed by atoms with Gasteiger partial charge in [-0.05, 0) is 181 Å². The van der Waals surface area contributed by atoms with Crippen LogP contribution in [0.4, 0.5) is 0 Å². The van der Waals surface area contributed by atoms with Gasteiger partial charge in [-0.1, -0.05) is 160 Å². The molecule has 6 heterocycles. The quantitative estimate of drug-likeness (QED) is 0.0849. The number of fused-ring (bicyclic) bond motifs is 3. The summed E-state index contributed by atoms with van der Waals surface area (Å²) in [5.74, 6) is -1.40. The van der Waals surface area contributed by atoms with Gasteiger partial charge in [0.2, 0.25) is 0 Å². The van der Waals surface area contributed by atoms with Crippen LogP contribution in [-0.4, -0.2) is 146 Å². The Kier molecular flexibility index (Phi) is 32.3. The van der Waals surface area contributed by atoms with Gasteiger partial charge in [0, 0.05) is 68.6 Å². The maximum absolute atomic E-state index is 12.9. The van der Waals surface area contributed by atoms with Crippen molar-refractivity contribution in [3.63, 3.8) is 0 Å². The van der Waals surface area contributed by atoms with Crippen LogP contribution in [0.15, 0.2) is 149 Å². The molecular formula is C78H94Cl2N6O12. The summed E-state index contributed by atoms with van der Waals surface area (Å²) in [5.41, 5.74) is 10.8. The minimum atomic E-state index is -0.396. The molecule has 522 valence electrons. The molecule has 9 rings (SSSR count). The zero-order chi connectivity index (χ0) is 70.0. The minimum Gasteiger partial charge on any atom is -0.462 e. The standard InChI is InChI=1S/2C26H31ClN2O4.C26H32N2O4/c2*1-19-16-20(2)25(27)22-17-21(28-33-18-23(30)29-13-9-7-10-14-29)12-8-5-3-4-6-11-15-32-26(31)24(19)22;1-20-16-21(2)25-22(17-20)18-23(12-8-5-3-4-6-11-15-31-26(25)30)27-32-19-24(29)28-13-9-7-10-14-28/h2*4,6-9,12,16H,3,5,10-11,13-15,17-18H2,1-2H3;4,6-9,12,16-17H,3,5,10-11,13-15,18-19H2,1-2H3/b6-4+,12-8+,28-21+;6-4+,12-8+,28-21-;6-4+,12-8+,27-23+. The second-order valence-electron chi connectivity index (χ2n) is 24.5. The monoisotopic (exact) mass is 1380 g/mol. The van der Waals surface area contributed by atoms with Crippen molar-refractivity contribution in [3.05, 3.63) is 210 Å². The minimum absolute atomic E-state index is 0.0793. The molecule has 18 nitrogen and oxygen atoms in total. The molecular weight excluding hydrogens is 1280 g/mol. The number of rotatable bonds is 9. The first-order chi connectivity index (χ1) is 47.5. The number of oxime groups is 3. The predicted molar refractivity (Wildman–Crippen MR) is 387 cm³/mol. The van der Waals surface area contributed by atoms with Gasteiger partial charge in [0.1, 0.15) is 0 Å². The van der Waals surface area contributed by atoms with E-state index in [0.717, 1.165) is 96.7 Å². The van der Waals surface area contributed by atoms with E-state index in [-0.39, 0.29) is 43.5 Å². The molecule has 98 heavy (non-hydrogen) atoms. The Balaban J connectivity index is 0.000000207. The van der Waals surface area contributed by atoms with Crippen molar-refractivity contribution < 1.29 is 57.5 Å². The van der Waals surface area contributed by atoms with Crippen LogP contribution >= 0.6 is 23.2 Å². The molecule has 0 unspecified atom stereocenters. The Hall–Kier alpha value is -8.87. The first kappa shape index (κ1) is 76.5. The van der Waals surface area contributed by atoms with Crippen LogP contribution in [0.1, 0.15) is 158 Å². The average molecular weight is 1380 g/mol. The van der Waals surface area contributed by atoms with Gasteiger partial charge >= 0.3 is 17.9 Å². The smallest absolute Gasteiger partial charge is 0.338 e. The number of ether oxygens (including phenoxy) is 3. The zero-order valence-corrected chi connectivity index (χ0v) is 59.1. The number of amides is 3. The summed E-state index contributed by atoms with van der Waals surface area (Å²) in [6.07, 6.45) is 47.0. The molecule has 0 radical (unpaired) electrons. The summed E-state index contributed by atoms with van der Waals surface area (Å²) in [5, 5.41) is 13.8. The van der Waals surface area contributed by atoms with Crippen LogP contribution in [-0.2, 0) is 62.4 Å². The first-order valence-electron chi connectivity index (χ1n) is 34.0. The van der Waals surface area contributed by atoms with E-state index < -0.39 is 11.9 Å². The van der Waals surface area contributed by atoms with E-state index >= 15 is 0 Å². The highest BCUT2D eigenvalue weighted by atomic mass is 35.5. The lowest BCUT2D eigenvalue weighted by atomic mass is 9.94. The molecule has 20 heteroatoms. The third-order valence-electron chi connectivity index (χ3n) is 16.6. The highest BCUT2D eigenvalue weighted by Gasteiger charge is 2.26. The molecule has 0 N–H and O–H groups in total. The summed E-state index contributed by atoms with van der Waals surface area (Å²) in [7, 11) is 0. The molecule has 0 spiro atoms. The van der Waals surface area contributed by atoms with Gasteiger partial charge in [-0.25, -0.2) is 14.4 Å². The number of hydrogen-bond donors (Lipinski definition) is 0. The van der Waals surface area contributed by atoms with Gasteiger partial charge in [0.25, 0.3) is 17.7 Å². The summed E-state index contributed by atoms with van der Waals surface area (Å²) in [6, 6.07) is 7.75. The summed E-state index contributed by atoms with van der Waals surface area (Å²) >= 11 is 13.3. The van der Waals surface area contributed by atoms with E-state index in [1.807, 2.05) is 133 Å². The van der Waals surface area contributed by atoms with E-state index in [1.54, 1.807) is 14.7 Å². The lowest BCUT2D eigenvalue weighted by molar-refractivity contribution is -0.136. The van der Waals surface area contributed by atoms with Crippen molar-refractivity contribution in [3.8, 4) is 0 Å². The predicted octanol–water partition coefficient (Wildman–Crippen LogP) is 14.7. The van der Waals surface area contributed by atoms with Gasteiger partial charge in [0.15, 0.2) is 19.8 Å². The highest BCUT2D eigenvalue weighted by Crippen LogP contribution is 2.32. The van der Waals surface area contributed by atoms with E-state index in [2.05, 4.69) is 58.0 Å². The summed E-state index contributed by atoms with van der Waals surface area (Å²) < 4.78 is 16.5. The van der Waals surface area contributed by atoms with Crippen molar-refractivity contribution in [2.24, 2.45) is 15.5 Å². The van der Waals surface area contributed by atoms with Crippen molar-refractivity contribution >= 4 is 76.0 Å². The summed E-state index contributed by atoms with van der Waals surface area (Å²) in [4.78, 5) is 97.3. The fraction of sp³-hybridized carbons (Fsp3) is 0.423. The largest absolute Gasteiger partial charge is 0.462 e. The summed E-state index contributed by atoms with van der Waals surface area (Å²) in [6.45, 7) is 16.0. The molecule has 0 aliphatic carbocycles. The Morgan fingerprint density at radius 3 is 1.06 bits per heavy atom. The molecule has 0 aromatic heterocycles. The molecule has 0 bridgehead atoms. The number of benzene rings is 3. The number of halogens is 2. The van der Waals surface area contributed by atoms with Crippen LogP contribution in [0.5, 0.6) is 0 Å². The van der Waals surface area contributed by atoms with Crippen molar-refractivity contribution in [2.45, 2.75) is 138 Å². The normalized spacial score (nSPS) is 20.6. The number of hydrogen-bond acceptors (Lipinski definition) is 15. The zero-order valence-electron chi connectivity index (χ0n) is 57.6. The van der Waals surface area contributed by atoms with Crippen molar-refractivity contribution in [1.82, 2.24) is 14.7 Å². The highest BCUT2D eigenvalue weighted by molar-refractivity contribution is 6.33. The van der Waals surface area contributed by atoms with Crippen molar-refractivity contribution in [1.29, 1.82) is 0 Å². The van der Waals surface area contributed by atoms with Gasteiger partial charge < -0.3 is 43.4 Å². The molecule has 3 amide bonds. The van der Waals surface area contributed by atoms with Gasteiger partial charge in [0.05, 0.1) is 53.6 Å². The Labute approximate surface area is 587 Å². The van der Waals surface area contributed by atoms with Gasteiger partial charge in [-0.15, -0.1) is 0 Å². The van der Waals surface area contributed by atoms with Crippen LogP contribution in [0, 0.1) is 41.5 Å². The number of aryl methyl sites for hydroxylation is 6. The van der Waals surface area contributed by atoms with E-state index in [9.17, 15) is 28.8 Å². The average Bonchev–Trinajstić information content (AvgIpc) is 0.817. The molecule has 3 aromatic carbocycles. The van der Waals surface area contributed by atoms with E-state index in [0.29, 0.717) is 153 Å². The first-order valence-corrected chi connectivity index (χ1v) is 34.7. The molecule has 0 atom stereocenters. The number of carbonyl (C=O) groups excluding carboxylic acids is 6. The molecule has 6 aliphatic heterocycles. The SMILES string of the molecule is Cc1cc(C)c2c(c1)CC(=N/OCC(=O)N1CC=CCC1)/C=C/CC/C=C/CCOC2=O.Cc1cc(C)c2c(c1Cl)CC(=N/OCC(=O)N1CC=CCC1)/C=C/CC/C=C/CCOC2=O.Cc1cc(C)c2c(c1Cl)CC(=N\OCC(=O)N1CC=CCC1)/C=C/CC/C=C/CCOC2=O. The fourth-order valence-corrected chi connectivity index (χ4v) is 12.0. The number of carbonyl (C=O) groups is 6. The van der Waals surface area contributed by atoms with Crippen LogP contribution in [0.3, 0.4) is 0 Å². The van der Waals surface area contributed by atoms with Gasteiger partial charge in [-0.2, -0.15) is 0 Å². The van der Waals surface area contributed by atoms with Crippen LogP contribution in [0.25, 0.3) is 0 Å². The number of nitrogens with zero attached hydrogens (tertiary/aromatic N) is 6. The topological polar surface area (TPSA) is 205 Å². The second kappa shape index (κ2) is 41.4. The lowest BCUT2D eigenvalue weighted by Crippen LogP contribution is -2.36. The Morgan fingerprint density at radius 2 is 0.704 bits per heavy atom. The van der Waals surface area contributed by atoms with E-state index in [1.165, 1.54) is 0 Å². The third-order valence-corrected chi connectivity index (χ3v) is 17.6. The molecule has 3 aromatic rings. The maximum Gasteiger partial charge on any atom is 0.338 e. The third kappa shape index (κ3) is 24.9. The maximum atomic E-state index is 12.9. The number of allylic oxidation sites excluding steroid dienone is 9. The number of cyclic esters (lactones) is 3. The lowest BCUT2D eigenvalue weighted by Gasteiger charge is -2.22. The van der Waals surface area contributed by atoms with Gasteiger partial charge in [-0.3, -0.25) is 14.4 Å². The van der Waals surface area contributed by atoms with E-state index in [4.69, 9.17) is 51.9 Å². The molecule has 6 aliphatic rings. The number of esters is 3. The molecule has 0 saturated heterocycles. The molecule has 0 fully saturated rings. The van der Waals surface area contributed by atoms with Crippen molar-refractivity contribution in [2.75, 3.05) is 78.9 Å². The van der Waals surface area contributed by atoms with Crippen LogP contribution < -0.4 is 0 Å².